The van der Waals surface area contributed by atoms with E-state index in [1.807, 2.05) is 14.0 Å². The van der Waals surface area contributed by atoms with Gasteiger partial charge in [-0.1, -0.05) is 0 Å². The van der Waals surface area contributed by atoms with Gasteiger partial charge in [0.1, 0.15) is 11.9 Å². The molecule has 0 aromatic carbocycles. The lowest BCUT2D eigenvalue weighted by Crippen LogP contribution is -2.18. The molecule has 0 spiro atoms. The van der Waals surface area contributed by atoms with E-state index in [-0.39, 0.29) is 11.7 Å². The molecule has 0 fully saturated rings. The number of aromatic amines is 1. The molecule has 0 radical (unpaired) electrons. The summed E-state index contributed by atoms with van der Waals surface area (Å²) in [7, 11) is 3.39. The van der Waals surface area contributed by atoms with E-state index in [0.717, 1.165) is 5.69 Å². The Morgan fingerprint density at radius 3 is 3.00 bits per heavy atom. The number of rotatable bonds is 4. The van der Waals surface area contributed by atoms with E-state index < -0.39 is 0 Å². The highest BCUT2D eigenvalue weighted by atomic mass is 16.5. The zero-order valence-electron chi connectivity index (χ0n) is 8.63. The molecule has 1 rings (SSSR count). The van der Waals surface area contributed by atoms with Crippen molar-refractivity contribution in [1.29, 1.82) is 0 Å². The van der Waals surface area contributed by atoms with Crippen LogP contribution in [0.1, 0.15) is 24.5 Å². The Morgan fingerprint density at radius 1 is 1.71 bits per heavy atom. The lowest BCUT2D eigenvalue weighted by molar-refractivity contribution is 0.111. The fraction of sp³-hybridized carbons (Fsp3) is 0.556. The van der Waals surface area contributed by atoms with Crippen molar-refractivity contribution >= 4 is 0 Å². The molecule has 0 saturated heterocycles. The second-order valence-electron chi connectivity index (χ2n) is 3.03. The molecule has 1 unspecified atom stereocenters. The molecular formula is C9H15N3O2. The summed E-state index contributed by atoms with van der Waals surface area (Å²) in [6.45, 7) is 2.41. The second-order valence-corrected chi connectivity index (χ2v) is 3.03. The highest BCUT2D eigenvalue weighted by Crippen LogP contribution is 2.08. The van der Waals surface area contributed by atoms with Crippen molar-refractivity contribution in [3.8, 4) is 0 Å². The molecule has 0 amide bonds. The summed E-state index contributed by atoms with van der Waals surface area (Å²) < 4.78 is 5.07. The van der Waals surface area contributed by atoms with Crippen LogP contribution in [0.5, 0.6) is 0 Å². The fourth-order valence-corrected chi connectivity index (χ4v) is 1.10. The fourth-order valence-electron chi connectivity index (χ4n) is 1.10. The van der Waals surface area contributed by atoms with Gasteiger partial charge in [0.2, 0.25) is 0 Å². The highest BCUT2D eigenvalue weighted by molar-refractivity contribution is 5.03. The third kappa shape index (κ3) is 2.65. The van der Waals surface area contributed by atoms with Crippen LogP contribution in [0.25, 0.3) is 0 Å². The summed E-state index contributed by atoms with van der Waals surface area (Å²) in [6, 6.07) is 1.47. The van der Waals surface area contributed by atoms with Gasteiger partial charge in [0.25, 0.3) is 5.56 Å². The predicted octanol–water partition coefficient (Wildman–Crippen LogP) is 0.197. The molecule has 0 saturated carbocycles. The maximum Gasteiger partial charge on any atom is 0.251 e. The first-order valence-electron chi connectivity index (χ1n) is 4.45. The minimum atomic E-state index is -0.195. The average Bonchev–Trinajstić information content (AvgIpc) is 2.16. The normalized spacial score (nSPS) is 12.8. The van der Waals surface area contributed by atoms with Gasteiger partial charge in [0.15, 0.2) is 0 Å². The molecule has 78 valence electrons. The lowest BCUT2D eigenvalue weighted by Gasteiger charge is -2.09. The maximum absolute atomic E-state index is 11.2. The van der Waals surface area contributed by atoms with Crippen molar-refractivity contribution in [3.63, 3.8) is 0 Å². The highest BCUT2D eigenvalue weighted by Gasteiger charge is 2.07. The largest absolute Gasteiger partial charge is 0.374 e. The average molecular weight is 197 g/mol. The second kappa shape index (κ2) is 4.88. The van der Waals surface area contributed by atoms with Crippen LogP contribution in [-0.2, 0) is 11.3 Å². The van der Waals surface area contributed by atoms with Crippen LogP contribution in [0.4, 0.5) is 0 Å². The first-order valence-corrected chi connectivity index (χ1v) is 4.45. The van der Waals surface area contributed by atoms with Gasteiger partial charge in [-0.25, -0.2) is 4.98 Å². The molecule has 0 aliphatic heterocycles. The lowest BCUT2D eigenvalue weighted by atomic mass is 10.3. The Kier molecular flexibility index (Phi) is 3.79. The molecule has 14 heavy (non-hydrogen) atoms. The van der Waals surface area contributed by atoms with Crippen molar-refractivity contribution in [2.45, 2.75) is 19.6 Å². The molecule has 1 aromatic rings. The maximum atomic E-state index is 11.2. The molecule has 0 aliphatic rings. The number of H-pyrrole nitrogens is 1. The third-order valence-electron chi connectivity index (χ3n) is 1.91. The van der Waals surface area contributed by atoms with Gasteiger partial charge in [-0.05, 0) is 14.0 Å². The Morgan fingerprint density at radius 2 is 2.43 bits per heavy atom. The van der Waals surface area contributed by atoms with Crippen LogP contribution >= 0.6 is 0 Å². The van der Waals surface area contributed by atoms with E-state index in [1.165, 1.54) is 6.07 Å². The summed E-state index contributed by atoms with van der Waals surface area (Å²) in [5.74, 6) is 0.560. The minimum Gasteiger partial charge on any atom is -0.374 e. The number of nitrogens with one attached hydrogen (secondary N) is 2. The van der Waals surface area contributed by atoms with E-state index in [0.29, 0.717) is 12.4 Å². The molecule has 5 nitrogen and oxygen atoms in total. The van der Waals surface area contributed by atoms with Gasteiger partial charge >= 0.3 is 0 Å². The van der Waals surface area contributed by atoms with Crippen molar-refractivity contribution in [2.24, 2.45) is 0 Å². The van der Waals surface area contributed by atoms with Gasteiger partial charge in [-0.15, -0.1) is 0 Å². The summed E-state index contributed by atoms with van der Waals surface area (Å²) >= 11 is 0. The van der Waals surface area contributed by atoms with Crippen molar-refractivity contribution in [3.05, 3.63) is 27.9 Å². The quantitative estimate of drug-likeness (QED) is 0.723. The molecular weight excluding hydrogens is 182 g/mol. The van der Waals surface area contributed by atoms with E-state index in [1.54, 1.807) is 7.11 Å². The smallest absolute Gasteiger partial charge is 0.251 e. The van der Waals surface area contributed by atoms with Crippen LogP contribution in [0, 0.1) is 0 Å². The topological polar surface area (TPSA) is 67.0 Å². The Labute approximate surface area is 82.5 Å². The van der Waals surface area contributed by atoms with Gasteiger partial charge < -0.3 is 15.0 Å². The molecule has 2 N–H and O–H groups in total. The van der Waals surface area contributed by atoms with Gasteiger partial charge in [-0.2, -0.15) is 0 Å². The van der Waals surface area contributed by atoms with E-state index in [4.69, 9.17) is 4.74 Å². The van der Waals surface area contributed by atoms with Crippen LogP contribution in [0.15, 0.2) is 10.9 Å². The predicted molar refractivity (Wildman–Crippen MR) is 53.0 cm³/mol. The van der Waals surface area contributed by atoms with E-state index in [2.05, 4.69) is 15.3 Å². The number of hydrogen-bond donors (Lipinski definition) is 2. The van der Waals surface area contributed by atoms with Crippen LogP contribution < -0.4 is 10.9 Å². The first-order chi connectivity index (χ1) is 6.67. The number of aromatic nitrogens is 2. The van der Waals surface area contributed by atoms with Gasteiger partial charge in [0.05, 0.1) is 5.69 Å². The Balaban J connectivity index is 3.00. The van der Waals surface area contributed by atoms with Crippen LogP contribution in [0.3, 0.4) is 0 Å². The molecule has 1 aromatic heterocycles. The number of hydrogen-bond acceptors (Lipinski definition) is 4. The van der Waals surface area contributed by atoms with Crippen molar-refractivity contribution < 1.29 is 4.74 Å². The summed E-state index contributed by atoms with van der Waals surface area (Å²) in [5.41, 5.74) is 0.569. The molecule has 0 aliphatic carbocycles. The standard InChI is InChI=1S/C9H15N3O2/c1-6(14-3)9-11-7(5-10-2)4-8(13)12-9/h4,6,10H,5H2,1-3H3,(H,11,12,13). The summed E-state index contributed by atoms with van der Waals surface area (Å²) in [6.07, 6.45) is -0.195. The van der Waals surface area contributed by atoms with Crippen LogP contribution in [-0.4, -0.2) is 24.1 Å². The van der Waals surface area contributed by atoms with Crippen molar-refractivity contribution in [1.82, 2.24) is 15.3 Å². The number of nitrogens with zero attached hydrogens (tertiary/aromatic N) is 1. The Hall–Kier alpha value is -1.20. The van der Waals surface area contributed by atoms with Crippen molar-refractivity contribution in [2.75, 3.05) is 14.2 Å². The zero-order valence-corrected chi connectivity index (χ0v) is 8.63. The first kappa shape index (κ1) is 10.9. The van der Waals surface area contributed by atoms with Gasteiger partial charge in [0, 0.05) is 19.7 Å². The molecule has 1 atom stereocenters. The summed E-state index contributed by atoms with van der Waals surface area (Å²) in [5, 5.41) is 2.94. The summed E-state index contributed by atoms with van der Waals surface area (Å²) in [4.78, 5) is 18.1. The molecule has 1 heterocycles. The SMILES string of the molecule is CNCc1cc(=O)[nH]c(C(C)OC)n1. The van der Waals surface area contributed by atoms with E-state index >= 15 is 0 Å². The number of methoxy groups -OCH3 is 1. The zero-order chi connectivity index (χ0) is 10.6. The Bertz CT molecular complexity index is 348. The molecule has 0 bridgehead atoms. The molecule has 5 heteroatoms. The number of ether oxygens (including phenoxy) is 1. The van der Waals surface area contributed by atoms with E-state index in [9.17, 15) is 4.79 Å². The third-order valence-corrected chi connectivity index (χ3v) is 1.91. The van der Waals surface area contributed by atoms with Gasteiger partial charge in [-0.3, -0.25) is 4.79 Å². The van der Waals surface area contributed by atoms with Crippen LogP contribution in [0.2, 0.25) is 0 Å². The minimum absolute atomic E-state index is 0.149. The monoisotopic (exact) mass is 197 g/mol.